The molecule has 5 heteroatoms. The smallest absolute Gasteiger partial charge is 0.0931 e. The first-order valence-electron chi connectivity index (χ1n) is 5.32. The minimum absolute atomic E-state index is 0.306. The minimum Gasteiger partial charge on any atom is -0.157 e. The maximum Gasteiger partial charge on any atom is 0.0931 e. The predicted octanol–water partition coefficient (Wildman–Crippen LogP) is 5.74. The lowest BCUT2D eigenvalue weighted by molar-refractivity contribution is 1.13. The van der Waals surface area contributed by atoms with Gasteiger partial charge in [0.15, 0.2) is 0 Å². The van der Waals surface area contributed by atoms with E-state index in [1.165, 1.54) is 33.2 Å². The first-order chi connectivity index (χ1) is 8.24. The van der Waals surface area contributed by atoms with Gasteiger partial charge in [0.1, 0.15) is 0 Å². The van der Waals surface area contributed by atoms with Crippen molar-refractivity contribution in [2.24, 2.45) is 0 Å². The molecule has 0 saturated carbocycles. The van der Waals surface area contributed by atoms with Gasteiger partial charge in [-0.2, -0.15) is 11.8 Å². The topological polar surface area (TPSA) is 0 Å². The zero-order valence-corrected chi connectivity index (χ0v) is 13.7. The van der Waals surface area contributed by atoms with E-state index in [9.17, 15) is 0 Å². The summed E-state index contributed by atoms with van der Waals surface area (Å²) in [5, 5.41) is 0. The lowest BCUT2D eigenvalue weighted by atomic mass is 10.2. The summed E-state index contributed by atoms with van der Waals surface area (Å²) in [5.41, 5.74) is 1.54. The Hall–Kier alpha value is 0.520. The second kappa shape index (κ2) is 5.25. The molecule has 17 heavy (non-hydrogen) atoms. The molecular formula is C12H10BrClS3. The Morgan fingerprint density at radius 3 is 2.82 bits per heavy atom. The normalized spacial score (nSPS) is 16.8. The molecule has 3 rings (SSSR count). The van der Waals surface area contributed by atoms with Crippen LogP contribution in [0.25, 0.3) is 0 Å². The molecule has 0 amide bonds. The highest BCUT2D eigenvalue weighted by Crippen LogP contribution is 2.42. The van der Waals surface area contributed by atoms with Gasteiger partial charge in [0.25, 0.3) is 0 Å². The van der Waals surface area contributed by atoms with Crippen LogP contribution in [0.1, 0.15) is 25.0 Å². The third kappa shape index (κ3) is 2.61. The minimum atomic E-state index is 0.306. The maximum atomic E-state index is 5.99. The van der Waals surface area contributed by atoms with E-state index >= 15 is 0 Å². The molecule has 0 bridgehead atoms. The number of thioether (sulfide) groups is 1. The molecule has 0 saturated heterocycles. The van der Waals surface area contributed by atoms with Crippen LogP contribution in [-0.4, -0.2) is 5.75 Å². The van der Waals surface area contributed by atoms with E-state index in [0.717, 1.165) is 4.34 Å². The summed E-state index contributed by atoms with van der Waals surface area (Å²) in [4.78, 5) is 4.59. The molecule has 2 aromatic heterocycles. The van der Waals surface area contributed by atoms with Gasteiger partial charge < -0.3 is 0 Å². The third-order valence-electron chi connectivity index (χ3n) is 2.74. The van der Waals surface area contributed by atoms with Crippen molar-refractivity contribution in [3.8, 4) is 0 Å². The van der Waals surface area contributed by atoms with E-state index < -0.39 is 0 Å². The Balaban J connectivity index is 1.91. The molecule has 0 nitrogen and oxygen atoms in total. The first kappa shape index (κ1) is 12.5. The summed E-state index contributed by atoms with van der Waals surface area (Å²) in [6, 6.07) is 6.44. The van der Waals surface area contributed by atoms with Gasteiger partial charge >= 0.3 is 0 Å². The number of halogens is 2. The van der Waals surface area contributed by atoms with E-state index in [2.05, 4.69) is 28.1 Å². The standard InChI is InChI=1S/C12H10BrClS3/c13-12(9-1-2-11(14)17-9)10-5-7-6-15-4-3-8(7)16-10/h1-2,5,12H,3-4,6H2. The van der Waals surface area contributed by atoms with Gasteiger partial charge in [-0.05, 0) is 35.9 Å². The zero-order chi connectivity index (χ0) is 11.8. The number of hydrogen-bond acceptors (Lipinski definition) is 3. The predicted molar refractivity (Wildman–Crippen MR) is 84.3 cm³/mol. The van der Waals surface area contributed by atoms with E-state index in [1.807, 2.05) is 29.2 Å². The summed E-state index contributed by atoms with van der Waals surface area (Å²) < 4.78 is 0.862. The molecule has 0 radical (unpaired) electrons. The van der Waals surface area contributed by atoms with Crippen LogP contribution in [0.5, 0.6) is 0 Å². The average molecular weight is 366 g/mol. The van der Waals surface area contributed by atoms with Gasteiger partial charge in [-0.3, -0.25) is 0 Å². The summed E-state index contributed by atoms with van der Waals surface area (Å²) in [6.45, 7) is 0. The van der Waals surface area contributed by atoms with Gasteiger partial charge in [0.05, 0.1) is 9.16 Å². The van der Waals surface area contributed by atoms with Crippen LogP contribution < -0.4 is 0 Å². The van der Waals surface area contributed by atoms with Gasteiger partial charge in [-0.1, -0.05) is 27.5 Å². The molecule has 90 valence electrons. The van der Waals surface area contributed by atoms with Crippen molar-refractivity contribution in [2.45, 2.75) is 17.0 Å². The molecule has 0 aliphatic carbocycles. The van der Waals surface area contributed by atoms with Gasteiger partial charge in [-0.25, -0.2) is 0 Å². The largest absolute Gasteiger partial charge is 0.157 e. The quantitative estimate of drug-likeness (QED) is 0.612. The number of aryl methyl sites for hydroxylation is 1. The second-order valence-electron chi connectivity index (χ2n) is 3.90. The SMILES string of the molecule is Clc1ccc(C(Br)c2cc3c(s2)CCSC3)s1. The molecular weight excluding hydrogens is 356 g/mol. The van der Waals surface area contributed by atoms with Crippen LogP contribution in [0.2, 0.25) is 4.34 Å². The number of fused-ring (bicyclic) bond motifs is 1. The summed E-state index contributed by atoms with van der Waals surface area (Å²) in [6.07, 6.45) is 1.23. The van der Waals surface area contributed by atoms with Gasteiger partial charge in [-0.15, -0.1) is 22.7 Å². The van der Waals surface area contributed by atoms with Crippen LogP contribution in [0.4, 0.5) is 0 Å². The fourth-order valence-electron chi connectivity index (χ4n) is 1.90. The highest BCUT2D eigenvalue weighted by atomic mass is 79.9. The molecule has 0 N–H and O–H groups in total. The third-order valence-corrected chi connectivity index (χ3v) is 7.94. The van der Waals surface area contributed by atoms with Crippen molar-refractivity contribution >= 4 is 62.0 Å². The van der Waals surface area contributed by atoms with Crippen molar-refractivity contribution < 1.29 is 0 Å². The summed E-state index contributed by atoms with van der Waals surface area (Å²) in [5.74, 6) is 2.45. The monoisotopic (exact) mass is 364 g/mol. The lowest BCUT2D eigenvalue weighted by Crippen LogP contribution is -1.96. The van der Waals surface area contributed by atoms with Crippen molar-refractivity contribution in [1.82, 2.24) is 0 Å². The molecule has 0 aromatic carbocycles. The van der Waals surface area contributed by atoms with Crippen molar-refractivity contribution in [2.75, 3.05) is 5.75 Å². The van der Waals surface area contributed by atoms with E-state index in [1.54, 1.807) is 16.2 Å². The van der Waals surface area contributed by atoms with Crippen LogP contribution in [0.15, 0.2) is 18.2 Å². The molecule has 1 aliphatic heterocycles. The summed E-state index contributed by atoms with van der Waals surface area (Å²) >= 11 is 15.4. The maximum absolute atomic E-state index is 5.99. The van der Waals surface area contributed by atoms with E-state index in [4.69, 9.17) is 11.6 Å². The zero-order valence-electron chi connectivity index (χ0n) is 8.91. The average Bonchev–Trinajstić information content (AvgIpc) is 2.93. The highest BCUT2D eigenvalue weighted by Gasteiger charge is 2.19. The van der Waals surface area contributed by atoms with E-state index in [-0.39, 0.29) is 0 Å². The summed E-state index contributed by atoms with van der Waals surface area (Å²) in [7, 11) is 0. The molecule has 1 aliphatic rings. The number of alkyl halides is 1. The Morgan fingerprint density at radius 1 is 1.24 bits per heavy atom. The Kier molecular flexibility index (Phi) is 3.88. The number of rotatable bonds is 2. The Morgan fingerprint density at radius 2 is 2.12 bits per heavy atom. The first-order valence-corrected chi connectivity index (χ1v) is 9.40. The fourth-order valence-corrected chi connectivity index (χ4v) is 6.25. The lowest BCUT2D eigenvalue weighted by Gasteiger charge is -2.08. The molecule has 1 unspecified atom stereocenters. The molecule has 0 fully saturated rings. The van der Waals surface area contributed by atoms with Crippen LogP contribution in [0.3, 0.4) is 0 Å². The molecule has 2 aromatic rings. The van der Waals surface area contributed by atoms with Crippen LogP contribution >= 0.6 is 62.0 Å². The van der Waals surface area contributed by atoms with Crippen molar-refractivity contribution in [1.29, 1.82) is 0 Å². The van der Waals surface area contributed by atoms with Crippen molar-refractivity contribution in [3.63, 3.8) is 0 Å². The molecule has 3 heterocycles. The Bertz CT molecular complexity index is 508. The molecule has 1 atom stereocenters. The van der Waals surface area contributed by atoms with Gasteiger partial charge in [0, 0.05) is 20.4 Å². The molecule has 0 spiro atoms. The van der Waals surface area contributed by atoms with Crippen LogP contribution in [-0.2, 0) is 12.2 Å². The Labute approximate surface area is 127 Å². The van der Waals surface area contributed by atoms with Crippen molar-refractivity contribution in [3.05, 3.63) is 42.7 Å². The number of hydrogen-bond donors (Lipinski definition) is 0. The second-order valence-corrected chi connectivity index (χ2v) is 8.84. The fraction of sp³-hybridized carbons (Fsp3) is 0.333. The van der Waals surface area contributed by atoms with E-state index in [0.29, 0.717) is 4.83 Å². The van der Waals surface area contributed by atoms with Crippen LogP contribution in [0, 0.1) is 0 Å². The number of thiophene rings is 2. The highest BCUT2D eigenvalue weighted by molar-refractivity contribution is 9.09. The van der Waals surface area contributed by atoms with Gasteiger partial charge in [0.2, 0.25) is 0 Å².